The van der Waals surface area contributed by atoms with Gasteiger partial charge in [0.2, 0.25) is 18.1 Å². The number of rotatable bonds is 9. The first-order valence-corrected chi connectivity index (χ1v) is 12.3. The molecule has 1 aliphatic carbocycles. The Morgan fingerprint density at radius 2 is 1.97 bits per heavy atom. The number of carbonyl (C=O) groups is 1. The molecule has 3 aromatic rings. The number of nitrogens with zero attached hydrogens (tertiary/aromatic N) is 4. The van der Waals surface area contributed by atoms with Crippen LogP contribution in [0.1, 0.15) is 38.3 Å². The van der Waals surface area contributed by atoms with Crippen molar-refractivity contribution in [1.82, 2.24) is 25.3 Å². The van der Waals surface area contributed by atoms with Gasteiger partial charge in [-0.2, -0.15) is 5.26 Å². The van der Waals surface area contributed by atoms with Crippen molar-refractivity contribution < 1.29 is 18.7 Å². The smallest absolute Gasteiger partial charge is 0.230 e. The number of hydrogen-bond acceptors (Lipinski definition) is 8. The van der Waals surface area contributed by atoms with Crippen molar-refractivity contribution in [3.63, 3.8) is 0 Å². The lowest BCUT2D eigenvalue weighted by Crippen LogP contribution is -2.48. The SMILES string of the molecule is CC1(C(=O)NCCC#N)COC(c2nc(-c3ccc(F)cc3)c(-c3ccnc(NCC4CC4)n3)[nH]2)OC1. The number of aromatic amines is 1. The summed E-state index contributed by atoms with van der Waals surface area (Å²) in [5.41, 5.74) is 1.60. The van der Waals surface area contributed by atoms with Gasteiger partial charge in [-0.25, -0.2) is 19.3 Å². The highest BCUT2D eigenvalue weighted by Crippen LogP contribution is 2.36. The molecule has 1 saturated carbocycles. The zero-order valence-corrected chi connectivity index (χ0v) is 20.5. The summed E-state index contributed by atoms with van der Waals surface area (Å²) in [6.07, 6.45) is 3.51. The molecule has 11 heteroatoms. The molecule has 1 aliphatic heterocycles. The highest BCUT2D eigenvalue weighted by atomic mass is 19.1. The lowest BCUT2D eigenvalue weighted by Gasteiger charge is -2.35. The Labute approximate surface area is 213 Å². The third kappa shape index (κ3) is 5.76. The monoisotopic (exact) mass is 505 g/mol. The molecule has 1 amide bonds. The minimum Gasteiger partial charge on any atom is -0.354 e. The van der Waals surface area contributed by atoms with Crippen molar-refractivity contribution in [3.8, 4) is 28.7 Å². The van der Waals surface area contributed by atoms with Crippen LogP contribution < -0.4 is 10.6 Å². The van der Waals surface area contributed by atoms with Crippen LogP contribution in [0.4, 0.5) is 10.3 Å². The van der Waals surface area contributed by atoms with Gasteiger partial charge in [-0.3, -0.25) is 4.79 Å². The third-order valence-corrected chi connectivity index (χ3v) is 6.40. The number of imidazole rings is 1. The molecule has 0 atom stereocenters. The molecule has 1 aromatic carbocycles. The van der Waals surface area contributed by atoms with Crippen LogP contribution in [0.3, 0.4) is 0 Å². The van der Waals surface area contributed by atoms with Crippen molar-refractivity contribution in [2.45, 2.75) is 32.5 Å². The summed E-state index contributed by atoms with van der Waals surface area (Å²) in [4.78, 5) is 29.6. The number of carbonyl (C=O) groups excluding carboxylic acids is 1. The molecule has 0 bridgehead atoms. The van der Waals surface area contributed by atoms with Gasteiger partial charge in [0.1, 0.15) is 5.82 Å². The number of ether oxygens (including phenoxy) is 2. The van der Waals surface area contributed by atoms with Gasteiger partial charge in [0.15, 0.2) is 5.82 Å². The van der Waals surface area contributed by atoms with Crippen LogP contribution in [-0.4, -0.2) is 52.1 Å². The fourth-order valence-electron chi connectivity index (χ4n) is 3.99. The summed E-state index contributed by atoms with van der Waals surface area (Å²) in [5.74, 6) is 1.02. The maximum atomic E-state index is 13.6. The van der Waals surface area contributed by atoms with E-state index in [-0.39, 0.29) is 37.9 Å². The van der Waals surface area contributed by atoms with Crippen LogP contribution in [0, 0.1) is 28.5 Å². The molecule has 3 heterocycles. The predicted octanol–water partition coefficient (Wildman–Crippen LogP) is 3.58. The van der Waals surface area contributed by atoms with E-state index in [0.717, 1.165) is 6.54 Å². The molecule has 0 spiro atoms. The molecule has 2 fully saturated rings. The topological polar surface area (TPSA) is 138 Å². The molecule has 5 rings (SSSR count). The summed E-state index contributed by atoms with van der Waals surface area (Å²) >= 11 is 0. The van der Waals surface area contributed by atoms with Crippen molar-refractivity contribution in [3.05, 3.63) is 48.2 Å². The second-order valence-corrected chi connectivity index (χ2v) is 9.62. The fourth-order valence-corrected chi connectivity index (χ4v) is 3.99. The molecule has 0 radical (unpaired) electrons. The molecular weight excluding hydrogens is 477 g/mol. The van der Waals surface area contributed by atoms with E-state index in [0.29, 0.717) is 40.3 Å². The van der Waals surface area contributed by atoms with Crippen LogP contribution in [-0.2, 0) is 14.3 Å². The summed E-state index contributed by atoms with van der Waals surface area (Å²) in [5, 5.41) is 14.7. The van der Waals surface area contributed by atoms with E-state index in [1.165, 1.54) is 25.0 Å². The summed E-state index contributed by atoms with van der Waals surface area (Å²) in [7, 11) is 0. The average molecular weight is 506 g/mol. The van der Waals surface area contributed by atoms with Crippen LogP contribution in [0.15, 0.2) is 36.5 Å². The Bertz CT molecular complexity index is 1290. The Hall–Kier alpha value is -3.88. The Kier molecular flexibility index (Phi) is 7.12. The minimum atomic E-state index is -0.893. The lowest BCUT2D eigenvalue weighted by atomic mass is 9.91. The third-order valence-electron chi connectivity index (χ3n) is 6.40. The van der Waals surface area contributed by atoms with Crippen molar-refractivity contribution >= 4 is 11.9 Å². The number of amides is 1. The van der Waals surface area contributed by atoms with E-state index >= 15 is 0 Å². The molecule has 0 unspecified atom stereocenters. The van der Waals surface area contributed by atoms with Gasteiger partial charge in [0.25, 0.3) is 0 Å². The van der Waals surface area contributed by atoms with Crippen LogP contribution in [0.25, 0.3) is 22.6 Å². The Morgan fingerprint density at radius 3 is 2.68 bits per heavy atom. The van der Waals surface area contributed by atoms with Gasteiger partial charge in [-0.05, 0) is 56.0 Å². The van der Waals surface area contributed by atoms with Crippen LogP contribution >= 0.6 is 0 Å². The van der Waals surface area contributed by atoms with E-state index in [1.807, 2.05) is 6.07 Å². The largest absolute Gasteiger partial charge is 0.354 e. The first-order valence-electron chi connectivity index (χ1n) is 12.3. The number of nitrogens with one attached hydrogen (secondary N) is 3. The maximum Gasteiger partial charge on any atom is 0.230 e. The minimum absolute atomic E-state index is 0.112. The summed E-state index contributed by atoms with van der Waals surface area (Å²) < 4.78 is 25.5. The fraction of sp³-hybridized carbons (Fsp3) is 0.423. The van der Waals surface area contributed by atoms with Gasteiger partial charge >= 0.3 is 0 Å². The van der Waals surface area contributed by atoms with E-state index in [1.54, 1.807) is 31.3 Å². The molecule has 192 valence electrons. The van der Waals surface area contributed by atoms with E-state index in [9.17, 15) is 9.18 Å². The number of H-pyrrole nitrogens is 1. The molecule has 10 nitrogen and oxygen atoms in total. The summed E-state index contributed by atoms with van der Waals surface area (Å²) in [6, 6.07) is 9.83. The molecule has 2 aromatic heterocycles. The molecule has 3 N–H and O–H groups in total. The Morgan fingerprint density at radius 1 is 1.22 bits per heavy atom. The zero-order chi connectivity index (χ0) is 25.8. The average Bonchev–Trinajstić information content (AvgIpc) is 3.65. The first-order chi connectivity index (χ1) is 17.9. The Balaban J connectivity index is 1.38. The van der Waals surface area contributed by atoms with Gasteiger partial charge in [0.05, 0.1) is 48.2 Å². The second-order valence-electron chi connectivity index (χ2n) is 9.62. The van der Waals surface area contributed by atoms with Crippen LogP contribution in [0.2, 0.25) is 0 Å². The van der Waals surface area contributed by atoms with Gasteiger partial charge in [-0.15, -0.1) is 0 Å². The van der Waals surface area contributed by atoms with Gasteiger partial charge < -0.3 is 25.1 Å². The van der Waals surface area contributed by atoms with Gasteiger partial charge in [0, 0.05) is 24.8 Å². The first kappa shape index (κ1) is 24.8. The molecule has 2 aliphatic rings. The van der Waals surface area contributed by atoms with Crippen molar-refractivity contribution in [1.29, 1.82) is 5.26 Å². The van der Waals surface area contributed by atoms with E-state index in [4.69, 9.17) is 19.7 Å². The predicted molar refractivity (Wildman–Crippen MR) is 132 cm³/mol. The number of halogens is 1. The second kappa shape index (κ2) is 10.6. The highest BCUT2D eigenvalue weighted by Gasteiger charge is 2.40. The molecular formula is C26H28FN7O3. The zero-order valence-electron chi connectivity index (χ0n) is 20.5. The maximum absolute atomic E-state index is 13.6. The number of benzene rings is 1. The van der Waals surface area contributed by atoms with Crippen molar-refractivity contribution in [2.75, 3.05) is 31.6 Å². The standard InChI is InChI=1S/C26H28FN7O3/c1-26(24(35)29-11-2-10-28)14-36-23(37-15-26)22-33-20(17-5-7-18(27)8-6-17)21(34-22)19-9-12-30-25(32-19)31-13-16-3-4-16/h5-9,12,16,23H,2-4,11,13-15H2,1H3,(H,29,35)(H,33,34)(H,30,31,32). The normalized spacial score (nSPS) is 21.3. The number of hydrogen-bond donors (Lipinski definition) is 3. The van der Waals surface area contributed by atoms with Crippen molar-refractivity contribution in [2.24, 2.45) is 11.3 Å². The van der Waals surface area contributed by atoms with E-state index < -0.39 is 11.7 Å². The van der Waals surface area contributed by atoms with Gasteiger partial charge in [-0.1, -0.05) is 0 Å². The molecule has 1 saturated heterocycles. The number of nitriles is 1. The summed E-state index contributed by atoms with van der Waals surface area (Å²) in [6.45, 7) is 3.07. The lowest BCUT2D eigenvalue weighted by molar-refractivity contribution is -0.231. The quantitative estimate of drug-likeness (QED) is 0.375. The number of aromatic nitrogens is 4. The highest BCUT2D eigenvalue weighted by molar-refractivity contribution is 5.82. The molecule has 37 heavy (non-hydrogen) atoms. The van der Waals surface area contributed by atoms with Crippen LogP contribution in [0.5, 0.6) is 0 Å². The number of anilines is 1. The van der Waals surface area contributed by atoms with E-state index in [2.05, 4.69) is 25.6 Å².